The monoisotopic (exact) mass is 360 g/mol. The molecule has 0 aromatic heterocycles. The molecule has 0 bridgehead atoms. The first-order chi connectivity index (χ1) is 10.6. The molecule has 1 aromatic carbocycles. The number of rotatable bonds is 6. The molecule has 6 heteroatoms. The lowest BCUT2D eigenvalue weighted by Gasteiger charge is -2.32. The molecule has 1 aromatic rings. The maximum Gasteiger partial charge on any atom is 0.232 e. The molecule has 22 heavy (non-hydrogen) atoms. The number of thioether (sulfide) groups is 1. The fourth-order valence-corrected chi connectivity index (χ4v) is 4.03. The molecule has 2 rings (SSSR count). The molecule has 0 saturated carbocycles. The van der Waals surface area contributed by atoms with Crippen molar-refractivity contribution in [2.75, 3.05) is 32.4 Å². The molecule has 0 unspecified atom stereocenters. The molecule has 1 saturated heterocycles. The van der Waals surface area contributed by atoms with Crippen molar-refractivity contribution < 1.29 is 4.79 Å². The van der Waals surface area contributed by atoms with E-state index >= 15 is 0 Å². The minimum atomic E-state index is 0.188. The van der Waals surface area contributed by atoms with Gasteiger partial charge in [0.25, 0.3) is 0 Å². The SMILES string of the molecule is CNCCC1CCN(C(=O)CSc2cc(Cl)ccc2Cl)CC1. The van der Waals surface area contributed by atoms with Crippen LogP contribution in [0.5, 0.6) is 0 Å². The van der Waals surface area contributed by atoms with Crippen LogP contribution in [-0.2, 0) is 4.79 Å². The second-order valence-corrected chi connectivity index (χ2v) is 7.44. The molecule has 1 N–H and O–H groups in total. The van der Waals surface area contributed by atoms with Crippen LogP contribution < -0.4 is 5.32 Å². The maximum absolute atomic E-state index is 12.3. The zero-order valence-electron chi connectivity index (χ0n) is 12.8. The number of amides is 1. The predicted octanol–water partition coefficient (Wildman–Crippen LogP) is 3.93. The van der Waals surface area contributed by atoms with Gasteiger partial charge >= 0.3 is 0 Å². The minimum Gasteiger partial charge on any atom is -0.342 e. The van der Waals surface area contributed by atoms with Crippen molar-refractivity contribution in [3.63, 3.8) is 0 Å². The number of carbonyl (C=O) groups excluding carboxylic acids is 1. The largest absolute Gasteiger partial charge is 0.342 e. The Kier molecular flexibility index (Phi) is 7.35. The fraction of sp³-hybridized carbons (Fsp3) is 0.562. The molecular formula is C16H22Cl2N2OS. The highest BCUT2D eigenvalue weighted by atomic mass is 35.5. The Labute approximate surface area is 146 Å². The van der Waals surface area contributed by atoms with E-state index in [0.717, 1.165) is 43.3 Å². The highest BCUT2D eigenvalue weighted by Gasteiger charge is 2.22. The Morgan fingerprint density at radius 2 is 2.09 bits per heavy atom. The van der Waals surface area contributed by atoms with E-state index in [1.54, 1.807) is 12.1 Å². The van der Waals surface area contributed by atoms with Crippen LogP contribution in [0.15, 0.2) is 23.1 Å². The standard InChI is InChI=1S/C16H22Cl2N2OS/c1-19-7-4-12-5-8-20(9-6-12)16(21)11-22-15-10-13(17)2-3-14(15)18/h2-3,10,12,19H,4-9,11H2,1H3. The average molecular weight is 361 g/mol. The van der Waals surface area contributed by atoms with E-state index in [9.17, 15) is 4.79 Å². The Morgan fingerprint density at radius 3 is 2.77 bits per heavy atom. The predicted molar refractivity (Wildman–Crippen MR) is 95.0 cm³/mol. The van der Waals surface area contributed by atoms with E-state index < -0.39 is 0 Å². The Bertz CT molecular complexity index is 505. The summed E-state index contributed by atoms with van der Waals surface area (Å²) < 4.78 is 0. The molecule has 122 valence electrons. The zero-order valence-corrected chi connectivity index (χ0v) is 15.1. The summed E-state index contributed by atoms with van der Waals surface area (Å²) in [6.45, 7) is 2.80. The first kappa shape index (κ1) is 17.9. The lowest BCUT2D eigenvalue weighted by molar-refractivity contribution is -0.129. The van der Waals surface area contributed by atoms with E-state index in [2.05, 4.69) is 5.32 Å². The molecule has 1 fully saturated rings. The summed E-state index contributed by atoms with van der Waals surface area (Å²) in [6.07, 6.45) is 3.41. The number of hydrogen-bond acceptors (Lipinski definition) is 3. The Hall–Kier alpha value is -0.420. The third-order valence-electron chi connectivity index (χ3n) is 4.01. The average Bonchev–Trinajstić information content (AvgIpc) is 2.54. The number of halogens is 2. The molecule has 0 spiro atoms. The maximum atomic E-state index is 12.3. The Morgan fingerprint density at radius 1 is 1.36 bits per heavy atom. The van der Waals surface area contributed by atoms with Crippen molar-refractivity contribution in [3.8, 4) is 0 Å². The highest BCUT2D eigenvalue weighted by Crippen LogP contribution is 2.30. The van der Waals surface area contributed by atoms with Crippen LogP contribution in [0, 0.1) is 5.92 Å². The molecule has 1 heterocycles. The van der Waals surface area contributed by atoms with Crippen LogP contribution in [0.1, 0.15) is 19.3 Å². The first-order valence-electron chi connectivity index (χ1n) is 7.60. The lowest BCUT2D eigenvalue weighted by Crippen LogP contribution is -2.39. The topological polar surface area (TPSA) is 32.3 Å². The second-order valence-electron chi connectivity index (χ2n) is 5.58. The van der Waals surface area contributed by atoms with E-state index in [1.165, 1.54) is 18.2 Å². The van der Waals surface area contributed by atoms with Gasteiger partial charge in [-0.25, -0.2) is 0 Å². The van der Waals surface area contributed by atoms with Crippen molar-refractivity contribution in [2.24, 2.45) is 5.92 Å². The molecule has 1 amide bonds. The van der Waals surface area contributed by atoms with Crippen molar-refractivity contribution in [1.29, 1.82) is 0 Å². The molecule has 1 aliphatic heterocycles. The molecule has 3 nitrogen and oxygen atoms in total. The van der Waals surface area contributed by atoms with E-state index in [4.69, 9.17) is 23.2 Å². The quantitative estimate of drug-likeness (QED) is 0.779. The number of hydrogen-bond donors (Lipinski definition) is 1. The Balaban J connectivity index is 1.77. The van der Waals surface area contributed by atoms with Crippen LogP contribution in [-0.4, -0.2) is 43.2 Å². The molecule has 0 aliphatic carbocycles. The van der Waals surface area contributed by atoms with Gasteiger partial charge in [-0.3, -0.25) is 4.79 Å². The third-order valence-corrected chi connectivity index (χ3v) is 5.73. The normalized spacial score (nSPS) is 16.0. The van der Waals surface area contributed by atoms with Crippen LogP contribution >= 0.6 is 35.0 Å². The van der Waals surface area contributed by atoms with Gasteiger partial charge in [-0.2, -0.15) is 0 Å². The number of nitrogens with zero attached hydrogens (tertiary/aromatic N) is 1. The van der Waals surface area contributed by atoms with E-state index in [0.29, 0.717) is 15.8 Å². The van der Waals surface area contributed by atoms with Gasteiger partial charge in [0.1, 0.15) is 0 Å². The van der Waals surface area contributed by atoms with Gasteiger partial charge in [-0.15, -0.1) is 11.8 Å². The van der Waals surface area contributed by atoms with Gasteiger partial charge in [-0.1, -0.05) is 23.2 Å². The summed E-state index contributed by atoms with van der Waals surface area (Å²) in [5, 5.41) is 4.48. The van der Waals surface area contributed by atoms with E-state index in [-0.39, 0.29) is 5.91 Å². The fourth-order valence-electron chi connectivity index (χ4n) is 2.64. The number of piperidine rings is 1. The van der Waals surface area contributed by atoms with Gasteiger partial charge in [0, 0.05) is 23.0 Å². The van der Waals surface area contributed by atoms with Gasteiger partial charge in [0.15, 0.2) is 0 Å². The minimum absolute atomic E-state index is 0.188. The van der Waals surface area contributed by atoms with Gasteiger partial charge < -0.3 is 10.2 Å². The second kappa shape index (κ2) is 9.02. The van der Waals surface area contributed by atoms with Crippen molar-refractivity contribution in [2.45, 2.75) is 24.2 Å². The van der Waals surface area contributed by atoms with Crippen LogP contribution in [0.3, 0.4) is 0 Å². The third kappa shape index (κ3) is 5.34. The summed E-state index contributed by atoms with van der Waals surface area (Å²) in [5.41, 5.74) is 0. The number of carbonyl (C=O) groups is 1. The molecular weight excluding hydrogens is 339 g/mol. The molecule has 0 radical (unpaired) electrons. The summed E-state index contributed by atoms with van der Waals surface area (Å²) in [6, 6.07) is 5.33. The van der Waals surface area contributed by atoms with Crippen molar-refractivity contribution >= 4 is 40.9 Å². The van der Waals surface area contributed by atoms with E-state index in [1.807, 2.05) is 18.0 Å². The highest BCUT2D eigenvalue weighted by molar-refractivity contribution is 8.00. The van der Waals surface area contributed by atoms with Crippen molar-refractivity contribution in [1.82, 2.24) is 10.2 Å². The lowest BCUT2D eigenvalue weighted by atomic mass is 9.93. The summed E-state index contributed by atoms with van der Waals surface area (Å²) in [7, 11) is 1.98. The molecule has 0 atom stereocenters. The zero-order chi connectivity index (χ0) is 15.9. The molecule has 1 aliphatic rings. The van der Waals surface area contributed by atoms with Gasteiger partial charge in [-0.05, 0) is 57.0 Å². The van der Waals surface area contributed by atoms with Gasteiger partial charge in [0.2, 0.25) is 5.91 Å². The summed E-state index contributed by atoms with van der Waals surface area (Å²) >= 11 is 13.5. The number of benzene rings is 1. The smallest absolute Gasteiger partial charge is 0.232 e. The first-order valence-corrected chi connectivity index (χ1v) is 9.34. The van der Waals surface area contributed by atoms with Crippen molar-refractivity contribution in [3.05, 3.63) is 28.2 Å². The van der Waals surface area contributed by atoms with Crippen LogP contribution in [0.4, 0.5) is 0 Å². The summed E-state index contributed by atoms with van der Waals surface area (Å²) in [4.78, 5) is 15.1. The summed E-state index contributed by atoms with van der Waals surface area (Å²) in [5.74, 6) is 1.35. The van der Waals surface area contributed by atoms with Crippen LogP contribution in [0.25, 0.3) is 0 Å². The number of likely N-dealkylation sites (tertiary alicyclic amines) is 1. The van der Waals surface area contributed by atoms with Gasteiger partial charge in [0.05, 0.1) is 10.8 Å². The van der Waals surface area contributed by atoms with Crippen LogP contribution in [0.2, 0.25) is 10.0 Å². The number of nitrogens with one attached hydrogen (secondary N) is 1.